The van der Waals surface area contributed by atoms with Crippen molar-refractivity contribution in [1.29, 1.82) is 0 Å². The van der Waals surface area contributed by atoms with Crippen LogP contribution in [0.15, 0.2) is 12.1 Å². The molecule has 0 aliphatic rings. The minimum absolute atomic E-state index is 0.442. The second-order valence-corrected chi connectivity index (χ2v) is 6.59. The van der Waals surface area contributed by atoms with Crippen molar-refractivity contribution in [2.75, 3.05) is 39.3 Å². The lowest BCUT2D eigenvalue weighted by atomic mass is 9.97. The molecule has 0 bridgehead atoms. The molecule has 0 saturated heterocycles. The zero-order chi connectivity index (χ0) is 18.8. The highest BCUT2D eigenvalue weighted by Gasteiger charge is 2.18. The van der Waals surface area contributed by atoms with Crippen LogP contribution in [-0.4, -0.2) is 59.1 Å². The van der Waals surface area contributed by atoms with E-state index in [0.717, 1.165) is 64.5 Å². The second kappa shape index (κ2) is 11.5. The Morgan fingerprint density at radius 2 is 1.00 bits per heavy atom. The lowest BCUT2D eigenvalue weighted by Crippen LogP contribution is -2.28. The summed E-state index contributed by atoms with van der Waals surface area (Å²) < 4.78 is 0. The molecular formula is C21H39N3O. The predicted octanol–water partition coefficient (Wildman–Crippen LogP) is 3.92. The highest BCUT2D eigenvalue weighted by atomic mass is 16.3. The largest absolute Gasteiger partial charge is 0.508 e. The van der Waals surface area contributed by atoms with Gasteiger partial charge in [0.25, 0.3) is 0 Å². The monoisotopic (exact) mass is 349 g/mol. The molecule has 1 aromatic carbocycles. The predicted molar refractivity (Wildman–Crippen MR) is 108 cm³/mol. The zero-order valence-corrected chi connectivity index (χ0v) is 17.3. The fourth-order valence-electron chi connectivity index (χ4n) is 3.28. The van der Waals surface area contributed by atoms with Crippen molar-refractivity contribution < 1.29 is 5.11 Å². The lowest BCUT2D eigenvalue weighted by molar-refractivity contribution is 0.268. The third kappa shape index (κ3) is 6.28. The van der Waals surface area contributed by atoms with Crippen LogP contribution in [-0.2, 0) is 19.6 Å². The van der Waals surface area contributed by atoms with Crippen molar-refractivity contribution in [3.63, 3.8) is 0 Å². The maximum absolute atomic E-state index is 10.6. The van der Waals surface area contributed by atoms with Crippen LogP contribution >= 0.6 is 0 Å². The maximum Gasteiger partial charge on any atom is 0.120 e. The summed E-state index contributed by atoms with van der Waals surface area (Å²) >= 11 is 0. The molecule has 0 heterocycles. The molecule has 144 valence electrons. The Balaban J connectivity index is 3.30. The number of benzene rings is 1. The average molecular weight is 350 g/mol. The molecule has 0 aliphatic heterocycles. The first-order valence-corrected chi connectivity index (χ1v) is 10.0. The molecule has 0 saturated carbocycles. The third-order valence-electron chi connectivity index (χ3n) is 5.34. The highest BCUT2D eigenvalue weighted by molar-refractivity contribution is 5.44. The fraction of sp³-hybridized carbons (Fsp3) is 0.714. The van der Waals surface area contributed by atoms with E-state index in [9.17, 15) is 5.11 Å². The second-order valence-electron chi connectivity index (χ2n) is 6.59. The minimum Gasteiger partial charge on any atom is -0.508 e. The van der Waals surface area contributed by atoms with Crippen molar-refractivity contribution >= 4 is 0 Å². The van der Waals surface area contributed by atoms with Gasteiger partial charge in [-0.15, -0.1) is 0 Å². The average Bonchev–Trinajstić information content (AvgIpc) is 2.64. The van der Waals surface area contributed by atoms with E-state index >= 15 is 0 Å². The van der Waals surface area contributed by atoms with E-state index in [1.807, 2.05) is 6.07 Å². The first-order chi connectivity index (χ1) is 12.0. The molecule has 0 spiro atoms. The Kier molecular flexibility index (Phi) is 10.1. The topological polar surface area (TPSA) is 30.0 Å². The van der Waals surface area contributed by atoms with Gasteiger partial charge in [0.1, 0.15) is 5.75 Å². The van der Waals surface area contributed by atoms with E-state index in [1.165, 1.54) is 11.1 Å². The number of phenols is 1. The number of hydrogen-bond acceptors (Lipinski definition) is 4. The molecule has 0 unspecified atom stereocenters. The summed E-state index contributed by atoms with van der Waals surface area (Å²) in [5.74, 6) is 0.442. The molecular weight excluding hydrogens is 310 g/mol. The number of phenolic OH excluding ortho intramolecular Hbond substituents is 1. The zero-order valence-electron chi connectivity index (χ0n) is 17.3. The first-order valence-electron chi connectivity index (χ1n) is 10.0. The maximum atomic E-state index is 10.6. The minimum atomic E-state index is 0.442. The van der Waals surface area contributed by atoms with E-state index in [-0.39, 0.29) is 0 Å². The van der Waals surface area contributed by atoms with Gasteiger partial charge in [-0.3, -0.25) is 14.7 Å². The van der Waals surface area contributed by atoms with Gasteiger partial charge in [-0.25, -0.2) is 0 Å². The van der Waals surface area contributed by atoms with Gasteiger partial charge in [0, 0.05) is 25.2 Å². The van der Waals surface area contributed by atoms with Gasteiger partial charge < -0.3 is 5.11 Å². The molecule has 0 aliphatic carbocycles. The molecule has 25 heavy (non-hydrogen) atoms. The van der Waals surface area contributed by atoms with Gasteiger partial charge in [0.2, 0.25) is 0 Å². The number of aromatic hydroxyl groups is 1. The molecule has 1 rings (SSSR count). The van der Waals surface area contributed by atoms with Crippen LogP contribution in [0.4, 0.5) is 0 Å². The molecule has 0 atom stereocenters. The number of nitrogens with zero attached hydrogens (tertiary/aromatic N) is 3. The normalized spacial score (nSPS) is 11.9. The summed E-state index contributed by atoms with van der Waals surface area (Å²) in [6, 6.07) is 4.02. The standard InChI is InChI=1S/C21H39N3O/c1-7-22(8-2)15-18-13-14-21(25)20(17-24(11-5)12-6)19(18)16-23(9-3)10-4/h13-14,25H,7-12,15-17H2,1-6H3. The number of hydrogen-bond donors (Lipinski definition) is 1. The van der Waals surface area contributed by atoms with Crippen molar-refractivity contribution in [3.8, 4) is 5.75 Å². The Bertz CT molecular complexity index is 492. The summed E-state index contributed by atoms with van der Waals surface area (Å²) in [6.45, 7) is 22.1. The summed E-state index contributed by atoms with van der Waals surface area (Å²) in [4.78, 5) is 7.26. The Morgan fingerprint density at radius 1 is 0.600 bits per heavy atom. The van der Waals surface area contributed by atoms with E-state index in [1.54, 1.807) is 0 Å². The van der Waals surface area contributed by atoms with Gasteiger partial charge >= 0.3 is 0 Å². The van der Waals surface area contributed by atoms with Crippen molar-refractivity contribution in [3.05, 3.63) is 28.8 Å². The van der Waals surface area contributed by atoms with Crippen LogP contribution in [0.3, 0.4) is 0 Å². The van der Waals surface area contributed by atoms with Crippen LogP contribution in [0.25, 0.3) is 0 Å². The molecule has 1 aromatic rings. The summed E-state index contributed by atoms with van der Waals surface area (Å²) in [6.07, 6.45) is 0. The van der Waals surface area contributed by atoms with Crippen LogP contribution < -0.4 is 0 Å². The van der Waals surface area contributed by atoms with Crippen molar-refractivity contribution in [2.24, 2.45) is 0 Å². The van der Waals surface area contributed by atoms with Gasteiger partial charge in [-0.2, -0.15) is 0 Å². The fourth-order valence-corrected chi connectivity index (χ4v) is 3.28. The molecule has 4 nitrogen and oxygen atoms in total. The lowest BCUT2D eigenvalue weighted by Gasteiger charge is -2.28. The molecule has 0 fully saturated rings. The quantitative estimate of drug-likeness (QED) is 0.619. The van der Waals surface area contributed by atoms with Crippen LogP contribution in [0.1, 0.15) is 58.2 Å². The Labute approximate surface area is 155 Å². The van der Waals surface area contributed by atoms with E-state index in [2.05, 4.69) is 62.3 Å². The van der Waals surface area contributed by atoms with Gasteiger partial charge in [-0.05, 0) is 56.5 Å². The van der Waals surface area contributed by atoms with E-state index in [4.69, 9.17) is 0 Å². The van der Waals surface area contributed by atoms with Crippen LogP contribution in [0, 0.1) is 0 Å². The number of rotatable bonds is 12. The summed E-state index contributed by atoms with van der Waals surface area (Å²) in [5, 5.41) is 10.6. The van der Waals surface area contributed by atoms with Gasteiger partial charge in [0.05, 0.1) is 0 Å². The van der Waals surface area contributed by atoms with E-state index in [0.29, 0.717) is 5.75 Å². The van der Waals surface area contributed by atoms with Gasteiger partial charge in [0.15, 0.2) is 0 Å². The molecule has 0 amide bonds. The Morgan fingerprint density at radius 3 is 1.44 bits per heavy atom. The van der Waals surface area contributed by atoms with Crippen molar-refractivity contribution in [1.82, 2.24) is 14.7 Å². The van der Waals surface area contributed by atoms with Gasteiger partial charge in [-0.1, -0.05) is 47.6 Å². The molecule has 4 heteroatoms. The van der Waals surface area contributed by atoms with Crippen LogP contribution in [0.5, 0.6) is 5.75 Å². The molecule has 1 N–H and O–H groups in total. The van der Waals surface area contributed by atoms with E-state index < -0.39 is 0 Å². The Hall–Kier alpha value is -1.10. The first kappa shape index (κ1) is 21.9. The van der Waals surface area contributed by atoms with Crippen molar-refractivity contribution in [2.45, 2.75) is 61.2 Å². The highest BCUT2D eigenvalue weighted by Crippen LogP contribution is 2.28. The molecule has 0 aromatic heterocycles. The summed E-state index contributed by atoms with van der Waals surface area (Å²) in [5.41, 5.74) is 3.79. The van der Waals surface area contributed by atoms with Crippen LogP contribution in [0.2, 0.25) is 0 Å². The SMILES string of the molecule is CCN(CC)Cc1ccc(O)c(CN(CC)CC)c1CN(CC)CC. The summed E-state index contributed by atoms with van der Waals surface area (Å²) in [7, 11) is 0. The molecule has 0 radical (unpaired) electrons. The third-order valence-corrected chi connectivity index (χ3v) is 5.34. The smallest absolute Gasteiger partial charge is 0.120 e.